The molecule has 0 saturated heterocycles. The second-order valence-electron chi connectivity index (χ2n) is 2.53. The Hall–Kier alpha value is -0.790. The Bertz CT molecular complexity index is 134. The van der Waals surface area contributed by atoms with Crippen LogP contribution in [0, 0.1) is 5.41 Å². The number of allylic oxidation sites excluding steroid dienone is 1. The molecule has 0 aromatic heterocycles. The van der Waals surface area contributed by atoms with Crippen molar-refractivity contribution < 1.29 is 9.90 Å². The summed E-state index contributed by atoms with van der Waals surface area (Å²) in [4.78, 5) is 10.4. The van der Waals surface area contributed by atoms with Crippen LogP contribution in [0.2, 0.25) is 0 Å². The van der Waals surface area contributed by atoms with Crippen LogP contribution < -0.4 is 0 Å². The maximum Gasteiger partial charge on any atom is 0.312 e. The van der Waals surface area contributed by atoms with E-state index in [0.29, 0.717) is 0 Å². The highest BCUT2D eigenvalue weighted by atomic mass is 16.4. The first-order chi connectivity index (χ1) is 4.00. The van der Waals surface area contributed by atoms with Gasteiger partial charge in [0.25, 0.3) is 0 Å². The van der Waals surface area contributed by atoms with E-state index in [-0.39, 0.29) is 0 Å². The molecule has 0 aliphatic rings. The van der Waals surface area contributed by atoms with Crippen molar-refractivity contribution in [1.29, 1.82) is 0 Å². The quantitative estimate of drug-likeness (QED) is 0.574. The van der Waals surface area contributed by atoms with Crippen LogP contribution >= 0.6 is 0 Å². The van der Waals surface area contributed by atoms with Crippen molar-refractivity contribution in [3.05, 3.63) is 12.2 Å². The Balaban J connectivity index is 4.19. The minimum atomic E-state index is -0.791. The third-order valence-corrected chi connectivity index (χ3v) is 1.13. The van der Waals surface area contributed by atoms with E-state index in [1.165, 1.54) is 0 Å². The van der Waals surface area contributed by atoms with Crippen LogP contribution in [-0.4, -0.2) is 11.1 Å². The van der Waals surface area contributed by atoms with E-state index < -0.39 is 11.4 Å². The van der Waals surface area contributed by atoms with E-state index in [9.17, 15) is 4.79 Å². The summed E-state index contributed by atoms with van der Waals surface area (Å²) in [5.74, 6) is -0.791. The Morgan fingerprint density at radius 3 is 2.11 bits per heavy atom. The van der Waals surface area contributed by atoms with E-state index in [4.69, 9.17) is 5.11 Å². The van der Waals surface area contributed by atoms with Crippen LogP contribution in [0.5, 0.6) is 0 Å². The Kier molecular flexibility index (Phi) is 2.43. The first kappa shape index (κ1) is 8.21. The molecule has 9 heavy (non-hydrogen) atoms. The lowest BCUT2D eigenvalue weighted by molar-refractivity contribution is -0.144. The van der Waals surface area contributed by atoms with Crippen LogP contribution in [0.1, 0.15) is 20.8 Å². The first-order valence-corrected chi connectivity index (χ1v) is 2.88. The van der Waals surface area contributed by atoms with Crippen molar-refractivity contribution >= 4 is 5.97 Å². The molecule has 52 valence electrons. The Morgan fingerprint density at radius 2 is 2.00 bits per heavy atom. The number of hydrogen-bond acceptors (Lipinski definition) is 1. The molecule has 0 unspecified atom stereocenters. The zero-order chi connectivity index (χ0) is 7.49. The van der Waals surface area contributed by atoms with Gasteiger partial charge in [0, 0.05) is 0 Å². The van der Waals surface area contributed by atoms with Crippen molar-refractivity contribution in [3.8, 4) is 0 Å². The van der Waals surface area contributed by atoms with Gasteiger partial charge in [-0.3, -0.25) is 4.79 Å². The van der Waals surface area contributed by atoms with Crippen LogP contribution in [0.25, 0.3) is 0 Å². The molecule has 1 N–H and O–H groups in total. The summed E-state index contributed by atoms with van der Waals surface area (Å²) in [5, 5.41) is 8.52. The summed E-state index contributed by atoms with van der Waals surface area (Å²) < 4.78 is 0. The molecule has 0 aromatic carbocycles. The second kappa shape index (κ2) is 2.67. The number of aliphatic carboxylic acids is 1. The SMILES string of the molecule is CC=CC(C)(C)C(=O)O. The van der Waals surface area contributed by atoms with Crippen molar-refractivity contribution in [1.82, 2.24) is 0 Å². The number of carbonyl (C=O) groups is 1. The normalized spacial score (nSPS) is 12.3. The van der Waals surface area contributed by atoms with E-state index in [1.54, 1.807) is 26.0 Å². The number of rotatable bonds is 2. The van der Waals surface area contributed by atoms with Crippen molar-refractivity contribution in [2.45, 2.75) is 20.8 Å². The van der Waals surface area contributed by atoms with Gasteiger partial charge in [-0.25, -0.2) is 0 Å². The standard InChI is InChI=1S/C7H12O2/c1-4-5-7(2,3)6(8)9/h4-5H,1-3H3,(H,8,9). The lowest BCUT2D eigenvalue weighted by atomic mass is 9.94. The molecule has 0 bridgehead atoms. The minimum Gasteiger partial charge on any atom is -0.481 e. The van der Waals surface area contributed by atoms with Crippen LogP contribution in [0.15, 0.2) is 12.2 Å². The molecule has 0 radical (unpaired) electrons. The van der Waals surface area contributed by atoms with Gasteiger partial charge in [0.1, 0.15) is 0 Å². The van der Waals surface area contributed by atoms with Gasteiger partial charge in [0.05, 0.1) is 5.41 Å². The van der Waals surface area contributed by atoms with Crippen LogP contribution in [0.4, 0.5) is 0 Å². The van der Waals surface area contributed by atoms with Crippen molar-refractivity contribution in [2.75, 3.05) is 0 Å². The van der Waals surface area contributed by atoms with Crippen molar-refractivity contribution in [2.24, 2.45) is 5.41 Å². The minimum absolute atomic E-state index is 0.714. The van der Waals surface area contributed by atoms with Gasteiger partial charge in [0.2, 0.25) is 0 Å². The summed E-state index contributed by atoms with van der Waals surface area (Å²) >= 11 is 0. The average Bonchev–Trinajstić information content (AvgIpc) is 1.65. The van der Waals surface area contributed by atoms with E-state index in [2.05, 4.69) is 0 Å². The summed E-state index contributed by atoms with van der Waals surface area (Å²) in [6.45, 7) is 5.13. The summed E-state index contributed by atoms with van der Waals surface area (Å²) in [7, 11) is 0. The molecule has 2 heteroatoms. The molecule has 0 heterocycles. The predicted octanol–water partition coefficient (Wildman–Crippen LogP) is 1.67. The molecule has 0 atom stereocenters. The molecule has 0 aromatic rings. The first-order valence-electron chi connectivity index (χ1n) is 2.88. The zero-order valence-electron chi connectivity index (χ0n) is 6.01. The number of carboxylic acids is 1. The Labute approximate surface area is 55.2 Å². The predicted molar refractivity (Wildman–Crippen MR) is 36.2 cm³/mol. The third-order valence-electron chi connectivity index (χ3n) is 1.13. The molecule has 2 nitrogen and oxygen atoms in total. The largest absolute Gasteiger partial charge is 0.481 e. The van der Waals surface area contributed by atoms with Gasteiger partial charge in [-0.1, -0.05) is 12.2 Å². The summed E-state index contributed by atoms with van der Waals surface area (Å²) in [6, 6.07) is 0. The monoisotopic (exact) mass is 128 g/mol. The maximum atomic E-state index is 10.4. The molecular formula is C7H12O2. The smallest absolute Gasteiger partial charge is 0.312 e. The van der Waals surface area contributed by atoms with E-state index in [1.807, 2.05) is 6.92 Å². The van der Waals surface area contributed by atoms with Gasteiger partial charge in [-0.05, 0) is 20.8 Å². The Morgan fingerprint density at radius 1 is 1.56 bits per heavy atom. The summed E-state index contributed by atoms with van der Waals surface area (Å²) in [6.07, 6.45) is 3.41. The van der Waals surface area contributed by atoms with Crippen LogP contribution in [0.3, 0.4) is 0 Å². The lowest BCUT2D eigenvalue weighted by Gasteiger charge is -2.11. The molecular weight excluding hydrogens is 116 g/mol. The highest BCUT2D eigenvalue weighted by molar-refractivity contribution is 5.75. The summed E-state index contributed by atoms with van der Waals surface area (Å²) in [5.41, 5.74) is -0.714. The fraction of sp³-hybridized carbons (Fsp3) is 0.571. The third kappa shape index (κ3) is 2.31. The molecule has 0 saturated carbocycles. The van der Waals surface area contributed by atoms with Crippen molar-refractivity contribution in [3.63, 3.8) is 0 Å². The highest BCUT2D eigenvalue weighted by Crippen LogP contribution is 2.16. The number of carboxylic acid groups (broad SMARTS) is 1. The number of hydrogen-bond donors (Lipinski definition) is 1. The van der Waals surface area contributed by atoms with Gasteiger partial charge < -0.3 is 5.11 Å². The van der Waals surface area contributed by atoms with Gasteiger partial charge in [-0.2, -0.15) is 0 Å². The average molecular weight is 128 g/mol. The fourth-order valence-corrected chi connectivity index (χ4v) is 0.488. The topological polar surface area (TPSA) is 37.3 Å². The van der Waals surface area contributed by atoms with E-state index in [0.717, 1.165) is 0 Å². The molecule has 0 spiro atoms. The molecule has 0 amide bonds. The van der Waals surface area contributed by atoms with Gasteiger partial charge >= 0.3 is 5.97 Å². The van der Waals surface area contributed by atoms with Gasteiger partial charge in [-0.15, -0.1) is 0 Å². The zero-order valence-corrected chi connectivity index (χ0v) is 6.01. The van der Waals surface area contributed by atoms with Gasteiger partial charge in [0.15, 0.2) is 0 Å². The van der Waals surface area contributed by atoms with E-state index >= 15 is 0 Å². The highest BCUT2D eigenvalue weighted by Gasteiger charge is 2.22. The van der Waals surface area contributed by atoms with Crippen LogP contribution in [-0.2, 0) is 4.79 Å². The lowest BCUT2D eigenvalue weighted by Crippen LogP contribution is -2.20. The molecule has 0 rings (SSSR count). The molecule has 0 aliphatic heterocycles. The maximum absolute atomic E-state index is 10.4. The fourth-order valence-electron chi connectivity index (χ4n) is 0.488. The second-order valence-corrected chi connectivity index (χ2v) is 2.53. The molecule has 0 fully saturated rings. The molecule has 0 aliphatic carbocycles.